The second-order valence-electron chi connectivity index (χ2n) is 35.0. The molecule has 12 heterocycles. The zero-order valence-electron chi connectivity index (χ0n) is 80.0. The van der Waals surface area contributed by atoms with Crippen LogP contribution in [0.15, 0.2) is 347 Å². The molecule has 0 fully saturated rings. The summed E-state index contributed by atoms with van der Waals surface area (Å²) >= 11 is 2.05. The summed E-state index contributed by atoms with van der Waals surface area (Å²) in [5.74, 6) is 13.3. The Morgan fingerprint density at radius 3 is 1.30 bits per heavy atom. The van der Waals surface area contributed by atoms with E-state index in [1.54, 1.807) is 52.1 Å². The molecule has 0 bridgehead atoms. The normalized spacial score (nSPS) is 13.7. The number of aryl methyl sites for hydroxylation is 15. The summed E-state index contributed by atoms with van der Waals surface area (Å²) in [7, 11) is 0.160. The summed E-state index contributed by atoms with van der Waals surface area (Å²) in [6, 6.07) is 97.7. The number of fused-ring (bicyclic) bond motifs is 12. The number of nitrogens with zero attached hydrogens (tertiary/aromatic N) is 6. The Morgan fingerprint density at radius 1 is 0.290 bits per heavy atom. The summed E-state index contributed by atoms with van der Waals surface area (Å²) in [6.07, 6.45) is 0.937. The van der Waals surface area contributed by atoms with E-state index in [2.05, 4.69) is 183 Å². The number of para-hydroxylation sites is 9. The van der Waals surface area contributed by atoms with Crippen molar-refractivity contribution in [2.24, 2.45) is 0 Å². The number of furan rings is 6. The van der Waals surface area contributed by atoms with Gasteiger partial charge in [0.1, 0.15) is 55.8 Å². The van der Waals surface area contributed by atoms with Gasteiger partial charge in [0, 0.05) is 29.0 Å². The molecule has 696 valence electrons. The van der Waals surface area contributed by atoms with Gasteiger partial charge in [0.25, 0.3) is 0 Å². The van der Waals surface area contributed by atoms with Gasteiger partial charge in [-0.2, -0.15) is 0 Å². The van der Waals surface area contributed by atoms with Crippen molar-refractivity contribution in [3.63, 3.8) is 0 Å². The third-order valence-corrected chi connectivity index (χ3v) is 30.9. The van der Waals surface area contributed by atoms with Crippen LogP contribution in [0, 0.1) is 104 Å². The molecule has 138 heavy (non-hydrogen) atoms. The van der Waals surface area contributed by atoms with E-state index in [-0.39, 0.29) is 4.90 Å². The van der Waals surface area contributed by atoms with Crippen LogP contribution in [0.4, 0.5) is 104 Å². The molecule has 6 aromatic heterocycles. The van der Waals surface area contributed by atoms with Crippen molar-refractivity contribution in [3.8, 4) is 28.7 Å². The molecule has 0 aliphatic carbocycles. The molecule has 6 aliphatic rings. The summed E-state index contributed by atoms with van der Waals surface area (Å²) < 4.78 is 100. The van der Waals surface area contributed by atoms with E-state index in [1.807, 2.05) is 223 Å². The Labute approximate surface area is 818 Å². The van der Waals surface area contributed by atoms with Crippen LogP contribution in [-0.2, 0) is 27.1 Å². The first-order valence-corrected chi connectivity index (χ1v) is 50.6. The van der Waals surface area contributed by atoms with E-state index < -0.39 is 20.6 Å². The van der Waals surface area contributed by atoms with Crippen LogP contribution in [0.1, 0.15) is 95.8 Å². The van der Waals surface area contributed by atoms with Crippen LogP contribution in [0.5, 0.6) is 28.7 Å². The Morgan fingerprint density at radius 2 is 0.703 bits per heavy atom. The number of hydrogen-bond donors (Lipinski definition) is 0. The van der Waals surface area contributed by atoms with Gasteiger partial charge in [0.05, 0.1) is 104 Å². The van der Waals surface area contributed by atoms with E-state index >= 15 is 0 Å². The molecule has 6 aliphatic heterocycles. The first-order valence-electron chi connectivity index (χ1n) is 45.4. The molecular formula is C115H104N6O13S3Se. The first kappa shape index (κ1) is 92.4. The monoisotopic (exact) mass is 1950 g/mol. The summed E-state index contributed by atoms with van der Waals surface area (Å²) in [6.45, 7) is 30.2. The van der Waals surface area contributed by atoms with Gasteiger partial charge in [0.15, 0.2) is 11.5 Å². The molecule has 0 radical (unpaired) electrons. The number of ether oxygens (including phenoxy) is 4. The maximum atomic E-state index is 13.0. The van der Waals surface area contributed by atoms with E-state index in [0.29, 0.717) is 59.6 Å². The van der Waals surface area contributed by atoms with Crippen LogP contribution >= 0.6 is 11.8 Å². The average molecular weight is 1950 g/mol. The van der Waals surface area contributed by atoms with E-state index in [0.717, 1.165) is 148 Å². The standard InChI is InChI=1S/C20H19NO.2C19H17NO3S.C19H17NO3.C19H17NO2S.C19H17NOSe/c1-13-8-9-19-16(10-13)12-17-11-15(3)22-20(17)21(19)18-7-5-4-6-14(18)2;1-12-8-9-15-17(10-12)24(21)18-11-13(2)23-19(18)20(15)14-6-4-5-7-16(14)22-3;1-12-8-9-16-17(10-12)24(21,22)18-11-14(3)23-19(18)20(16)15-7-5-4-6-13(15)2;2*1-12-8-9-15-17(10-12)23-18-11-13(2)22-19(18)20(15)14-6-4-5-7-16(14)21-3;1-12-8-9-16-17(10-12)22-18-11-14(3)21-19(18)20(16)15-7-5-4-6-13(15)2/h4-11H,12H2,1-3H3;2*4-11H,1-3H3;2*4-11H,1-3H3;4-11H,1-3H3. The predicted molar refractivity (Wildman–Crippen MR) is 553 cm³/mol. The minimum atomic E-state index is -3.59. The molecule has 0 saturated carbocycles. The van der Waals surface area contributed by atoms with Gasteiger partial charge in [-0.15, -0.1) is 0 Å². The second-order valence-corrected chi connectivity index (χ2v) is 41.6. The van der Waals surface area contributed by atoms with Crippen molar-refractivity contribution in [1.29, 1.82) is 0 Å². The molecule has 0 spiro atoms. The Bertz CT molecular complexity index is 7600. The van der Waals surface area contributed by atoms with Crippen molar-refractivity contribution in [1.82, 2.24) is 0 Å². The average Bonchev–Trinajstić information content (AvgIpc) is 1.42. The van der Waals surface area contributed by atoms with E-state index in [1.165, 1.54) is 75.5 Å². The van der Waals surface area contributed by atoms with Gasteiger partial charge in [-0.25, -0.2) is 12.6 Å². The molecule has 23 heteroatoms. The van der Waals surface area contributed by atoms with Gasteiger partial charge < -0.3 is 41.0 Å². The van der Waals surface area contributed by atoms with Crippen LogP contribution < -0.4 is 57.3 Å². The molecule has 0 amide bonds. The second kappa shape index (κ2) is 38.1. The van der Waals surface area contributed by atoms with Crippen LogP contribution in [-0.4, -0.2) is 48.9 Å². The maximum absolute atomic E-state index is 13.0. The summed E-state index contributed by atoms with van der Waals surface area (Å²) in [5.41, 5.74) is 25.2. The van der Waals surface area contributed by atoms with Crippen LogP contribution in [0.3, 0.4) is 0 Å². The Balaban J connectivity index is 0.000000106. The SMILES string of the molecule is COc1ccccc1N1c2ccc(C)cc2Oc2cc(C)oc21.COc1ccccc1N1c2ccc(C)cc2S(=O)c2cc(C)oc21.COc1ccccc1N1c2ccc(C)cc2Sc2cc(C)oc21.Cc1ccc2c(c1)Cc1cc(C)oc1N2c1ccccc1C.Cc1ccc2c(c1)S(=O)(=O)c1cc(C)oc1N2c1ccccc1C.Cc1ccc2c(c1)[Se]c1cc(C)oc1N2c1ccccc1C. The molecule has 19 nitrogen and oxygen atoms in total. The molecule has 0 N–H and O–H groups in total. The summed E-state index contributed by atoms with van der Waals surface area (Å²) in [4.78, 5) is 17.0. The number of hydrogen-bond acceptors (Lipinski definition) is 20. The van der Waals surface area contributed by atoms with Crippen molar-refractivity contribution >= 4 is 160 Å². The van der Waals surface area contributed by atoms with Gasteiger partial charge >= 0.3 is 137 Å². The molecule has 1 atom stereocenters. The van der Waals surface area contributed by atoms with Crippen molar-refractivity contribution < 1.29 is 58.1 Å². The zero-order valence-corrected chi connectivity index (χ0v) is 84.2. The molecule has 18 aromatic rings. The molecular weight excluding hydrogens is 1850 g/mol. The fourth-order valence-electron chi connectivity index (χ4n) is 18.1. The molecule has 1 unspecified atom stereocenters. The third-order valence-electron chi connectivity index (χ3n) is 24.5. The topological polar surface area (TPSA) is 186 Å². The van der Waals surface area contributed by atoms with Crippen molar-refractivity contribution in [2.75, 3.05) is 50.7 Å². The van der Waals surface area contributed by atoms with Crippen LogP contribution in [0.2, 0.25) is 0 Å². The number of sulfone groups is 1. The van der Waals surface area contributed by atoms with Gasteiger partial charge in [-0.1, -0.05) is 127 Å². The zero-order chi connectivity index (χ0) is 96.4. The molecule has 24 rings (SSSR count). The molecule has 0 saturated heterocycles. The fraction of sp³-hybridized carbons (Fsp3) is 0.165. The summed E-state index contributed by atoms with van der Waals surface area (Å²) in [5, 5.41) is 0. The van der Waals surface area contributed by atoms with Gasteiger partial charge in [0.2, 0.25) is 39.3 Å². The predicted octanol–water partition coefficient (Wildman–Crippen LogP) is 30.2. The Hall–Kier alpha value is -14.7. The van der Waals surface area contributed by atoms with Gasteiger partial charge in [-0.3, -0.25) is 24.5 Å². The molecule has 12 aromatic carbocycles. The van der Waals surface area contributed by atoms with Crippen molar-refractivity contribution in [3.05, 3.63) is 387 Å². The number of rotatable bonds is 9. The van der Waals surface area contributed by atoms with E-state index in [4.69, 9.17) is 45.5 Å². The minimum absolute atomic E-state index is 0.223. The van der Waals surface area contributed by atoms with Gasteiger partial charge in [-0.05, 0) is 243 Å². The fourth-order valence-corrected chi connectivity index (χ4v) is 24.9. The first-order chi connectivity index (χ1) is 66.6. The quantitative estimate of drug-likeness (QED) is 0.124. The van der Waals surface area contributed by atoms with Crippen LogP contribution in [0.25, 0.3) is 0 Å². The van der Waals surface area contributed by atoms with Crippen molar-refractivity contribution in [2.45, 2.75) is 140 Å². The number of methoxy groups -OCH3 is 3. The number of benzene rings is 12. The van der Waals surface area contributed by atoms with E-state index in [9.17, 15) is 12.6 Å². The Kier molecular flexibility index (Phi) is 25.5. The third kappa shape index (κ3) is 17.7. The number of anilines is 18.